The molecule has 0 aliphatic heterocycles. The predicted octanol–water partition coefficient (Wildman–Crippen LogP) is 3.36. The minimum Gasteiger partial charge on any atom is -0.490 e. The van der Waals surface area contributed by atoms with Gasteiger partial charge in [0, 0.05) is 13.2 Å². The van der Waals surface area contributed by atoms with Crippen LogP contribution in [-0.4, -0.2) is 26.4 Å². The van der Waals surface area contributed by atoms with Crippen molar-refractivity contribution in [3.8, 4) is 5.75 Å². The Hall–Kier alpha value is -0.580. The standard InChI is InChI=1S/C14H22BrNO2/c1-3-7-16-11-12-5-6-14(13(15)10-12)18-9-8-17-4-2/h5-6,10,16H,3-4,7-9,11H2,1-2H3. The third-order valence-electron chi connectivity index (χ3n) is 2.44. The topological polar surface area (TPSA) is 30.5 Å². The van der Waals surface area contributed by atoms with Crippen LogP contribution in [0.1, 0.15) is 25.8 Å². The quantitative estimate of drug-likeness (QED) is 0.709. The minimum absolute atomic E-state index is 0.583. The molecule has 3 nitrogen and oxygen atoms in total. The van der Waals surface area contributed by atoms with Gasteiger partial charge in [-0.25, -0.2) is 0 Å². The Bertz CT molecular complexity index is 345. The Kier molecular flexibility index (Phi) is 8.05. The molecule has 0 radical (unpaired) electrons. The van der Waals surface area contributed by atoms with Crippen molar-refractivity contribution in [1.82, 2.24) is 5.32 Å². The summed E-state index contributed by atoms with van der Waals surface area (Å²) in [7, 11) is 0. The van der Waals surface area contributed by atoms with Gasteiger partial charge in [-0.15, -0.1) is 0 Å². The number of hydrogen-bond donors (Lipinski definition) is 1. The third-order valence-corrected chi connectivity index (χ3v) is 3.06. The summed E-state index contributed by atoms with van der Waals surface area (Å²) < 4.78 is 11.9. The average molecular weight is 316 g/mol. The van der Waals surface area contributed by atoms with Crippen molar-refractivity contribution in [2.75, 3.05) is 26.4 Å². The Morgan fingerprint density at radius 3 is 2.72 bits per heavy atom. The van der Waals surface area contributed by atoms with E-state index in [-0.39, 0.29) is 0 Å². The van der Waals surface area contributed by atoms with Crippen LogP contribution < -0.4 is 10.1 Å². The highest BCUT2D eigenvalue weighted by atomic mass is 79.9. The fourth-order valence-electron chi connectivity index (χ4n) is 1.54. The van der Waals surface area contributed by atoms with Crippen molar-refractivity contribution in [2.24, 2.45) is 0 Å². The lowest BCUT2D eigenvalue weighted by atomic mass is 10.2. The van der Waals surface area contributed by atoms with E-state index in [2.05, 4.69) is 40.3 Å². The zero-order valence-corrected chi connectivity index (χ0v) is 12.8. The van der Waals surface area contributed by atoms with E-state index in [0.717, 1.165) is 36.3 Å². The molecule has 1 rings (SSSR count). The normalized spacial score (nSPS) is 10.6. The molecule has 1 N–H and O–H groups in total. The van der Waals surface area contributed by atoms with Crippen LogP contribution in [0.25, 0.3) is 0 Å². The summed E-state index contributed by atoms with van der Waals surface area (Å²) in [5.74, 6) is 0.869. The fourth-order valence-corrected chi connectivity index (χ4v) is 2.08. The molecule has 0 fully saturated rings. The zero-order chi connectivity index (χ0) is 13.2. The molecular weight excluding hydrogens is 294 g/mol. The van der Waals surface area contributed by atoms with E-state index < -0.39 is 0 Å². The first kappa shape index (κ1) is 15.5. The molecule has 1 aromatic carbocycles. The summed E-state index contributed by atoms with van der Waals surface area (Å²) in [4.78, 5) is 0. The smallest absolute Gasteiger partial charge is 0.133 e. The van der Waals surface area contributed by atoms with Crippen molar-refractivity contribution < 1.29 is 9.47 Å². The summed E-state index contributed by atoms with van der Waals surface area (Å²) >= 11 is 3.53. The van der Waals surface area contributed by atoms with Crippen LogP contribution in [0.5, 0.6) is 5.75 Å². The van der Waals surface area contributed by atoms with Gasteiger partial charge in [-0.3, -0.25) is 0 Å². The van der Waals surface area contributed by atoms with E-state index in [0.29, 0.717) is 13.2 Å². The summed E-state index contributed by atoms with van der Waals surface area (Å²) in [5.41, 5.74) is 1.26. The molecule has 0 spiro atoms. The van der Waals surface area contributed by atoms with Crippen LogP contribution in [0.3, 0.4) is 0 Å². The first-order chi connectivity index (χ1) is 8.77. The molecule has 0 aliphatic carbocycles. The lowest BCUT2D eigenvalue weighted by Gasteiger charge is -2.10. The monoisotopic (exact) mass is 315 g/mol. The maximum atomic E-state index is 5.63. The molecule has 0 unspecified atom stereocenters. The highest BCUT2D eigenvalue weighted by Crippen LogP contribution is 2.25. The molecule has 102 valence electrons. The van der Waals surface area contributed by atoms with Gasteiger partial charge >= 0.3 is 0 Å². The number of ether oxygens (including phenoxy) is 2. The Balaban J connectivity index is 2.41. The molecule has 18 heavy (non-hydrogen) atoms. The second-order valence-electron chi connectivity index (χ2n) is 3.99. The van der Waals surface area contributed by atoms with E-state index in [1.807, 2.05) is 13.0 Å². The van der Waals surface area contributed by atoms with Gasteiger partial charge in [0.1, 0.15) is 12.4 Å². The van der Waals surface area contributed by atoms with Crippen molar-refractivity contribution >= 4 is 15.9 Å². The van der Waals surface area contributed by atoms with Crippen LogP contribution in [-0.2, 0) is 11.3 Å². The highest BCUT2D eigenvalue weighted by Gasteiger charge is 2.02. The summed E-state index contributed by atoms with van der Waals surface area (Å²) in [6, 6.07) is 6.18. The second kappa shape index (κ2) is 9.36. The molecule has 0 aliphatic rings. The zero-order valence-electron chi connectivity index (χ0n) is 11.2. The van der Waals surface area contributed by atoms with Crippen LogP contribution >= 0.6 is 15.9 Å². The lowest BCUT2D eigenvalue weighted by molar-refractivity contribution is 0.110. The summed E-state index contributed by atoms with van der Waals surface area (Å²) in [6.07, 6.45) is 1.15. The molecule has 0 bridgehead atoms. The van der Waals surface area contributed by atoms with Crippen LogP contribution in [0.15, 0.2) is 22.7 Å². The molecule has 0 heterocycles. The van der Waals surface area contributed by atoms with Crippen molar-refractivity contribution in [3.63, 3.8) is 0 Å². The summed E-state index contributed by atoms with van der Waals surface area (Å²) in [6.45, 7) is 8.03. The summed E-state index contributed by atoms with van der Waals surface area (Å²) in [5, 5.41) is 3.38. The molecule has 0 saturated heterocycles. The second-order valence-corrected chi connectivity index (χ2v) is 4.84. The molecule has 0 atom stereocenters. The van der Waals surface area contributed by atoms with Gasteiger partial charge < -0.3 is 14.8 Å². The number of hydrogen-bond acceptors (Lipinski definition) is 3. The maximum Gasteiger partial charge on any atom is 0.133 e. The van der Waals surface area contributed by atoms with Gasteiger partial charge in [0.25, 0.3) is 0 Å². The van der Waals surface area contributed by atoms with Gasteiger partial charge in [-0.2, -0.15) is 0 Å². The minimum atomic E-state index is 0.583. The van der Waals surface area contributed by atoms with Gasteiger partial charge in [-0.1, -0.05) is 13.0 Å². The van der Waals surface area contributed by atoms with E-state index in [9.17, 15) is 0 Å². The SMILES string of the molecule is CCCNCc1ccc(OCCOCC)c(Br)c1. The van der Waals surface area contributed by atoms with E-state index in [1.54, 1.807) is 0 Å². The van der Waals surface area contributed by atoms with Crippen LogP contribution in [0.4, 0.5) is 0 Å². The highest BCUT2D eigenvalue weighted by molar-refractivity contribution is 9.10. The fraction of sp³-hybridized carbons (Fsp3) is 0.571. The van der Waals surface area contributed by atoms with Gasteiger partial charge in [0.2, 0.25) is 0 Å². The van der Waals surface area contributed by atoms with Crippen LogP contribution in [0.2, 0.25) is 0 Å². The van der Waals surface area contributed by atoms with E-state index >= 15 is 0 Å². The van der Waals surface area contributed by atoms with Crippen molar-refractivity contribution in [2.45, 2.75) is 26.8 Å². The number of nitrogens with one attached hydrogen (secondary N) is 1. The Morgan fingerprint density at radius 2 is 2.06 bits per heavy atom. The van der Waals surface area contributed by atoms with Crippen molar-refractivity contribution in [1.29, 1.82) is 0 Å². The number of rotatable bonds is 9. The molecular formula is C14H22BrNO2. The van der Waals surface area contributed by atoms with Gasteiger partial charge in [0.15, 0.2) is 0 Å². The lowest BCUT2D eigenvalue weighted by Crippen LogP contribution is -2.13. The number of halogens is 1. The predicted molar refractivity (Wildman–Crippen MR) is 78.1 cm³/mol. The molecule has 0 saturated carbocycles. The van der Waals surface area contributed by atoms with Gasteiger partial charge in [-0.05, 0) is 53.5 Å². The Morgan fingerprint density at radius 1 is 1.22 bits per heavy atom. The maximum absolute atomic E-state index is 5.63. The van der Waals surface area contributed by atoms with Crippen LogP contribution in [0, 0.1) is 0 Å². The largest absolute Gasteiger partial charge is 0.490 e. The van der Waals surface area contributed by atoms with E-state index in [1.165, 1.54) is 5.56 Å². The molecule has 0 amide bonds. The van der Waals surface area contributed by atoms with Gasteiger partial charge in [0.05, 0.1) is 11.1 Å². The Labute approximate surface area is 118 Å². The third kappa shape index (κ3) is 5.85. The number of benzene rings is 1. The average Bonchev–Trinajstić information content (AvgIpc) is 2.37. The molecule has 1 aromatic rings. The first-order valence-corrected chi connectivity index (χ1v) is 7.27. The molecule has 4 heteroatoms. The van der Waals surface area contributed by atoms with E-state index in [4.69, 9.17) is 9.47 Å². The first-order valence-electron chi connectivity index (χ1n) is 6.47. The molecule has 0 aromatic heterocycles. The van der Waals surface area contributed by atoms with Crippen molar-refractivity contribution in [3.05, 3.63) is 28.2 Å².